The minimum Gasteiger partial charge on any atom is -0.508 e. The molecule has 3 aromatic rings. The molecule has 5 rings (SSSR count). The fourth-order valence-electron chi connectivity index (χ4n) is 4.34. The largest absolute Gasteiger partial charge is 0.508 e. The molecule has 0 unspecified atom stereocenters. The molecule has 2 amide bonds. The Hall–Kier alpha value is -3.35. The molecule has 2 aliphatic rings. The van der Waals surface area contributed by atoms with Gasteiger partial charge in [-0.05, 0) is 42.8 Å². The molecule has 2 heterocycles. The SMILES string of the molecule is Cc1c(Cl)cccc1N1C(=O)[C@H]2[C@@H](c3ccccc3O)N(c3ccccc3)O[C@H]2C1=O. The summed E-state index contributed by atoms with van der Waals surface area (Å²) in [5, 5.41) is 12.6. The maximum absolute atomic E-state index is 13.6. The van der Waals surface area contributed by atoms with Gasteiger partial charge in [0.15, 0.2) is 6.10 Å². The number of carbonyl (C=O) groups excluding carboxylic acids is 2. The molecule has 7 heteroatoms. The van der Waals surface area contributed by atoms with E-state index >= 15 is 0 Å². The van der Waals surface area contributed by atoms with E-state index in [1.807, 2.05) is 30.3 Å². The van der Waals surface area contributed by atoms with Gasteiger partial charge in [0.05, 0.1) is 17.4 Å². The average molecular weight is 435 g/mol. The Balaban J connectivity index is 1.63. The highest BCUT2D eigenvalue weighted by molar-refractivity contribution is 6.32. The number of imide groups is 1. The zero-order valence-corrected chi connectivity index (χ0v) is 17.4. The van der Waals surface area contributed by atoms with E-state index in [1.165, 1.54) is 0 Å². The number of aromatic hydroxyl groups is 1. The highest BCUT2D eigenvalue weighted by atomic mass is 35.5. The number of phenols is 1. The smallest absolute Gasteiger partial charge is 0.266 e. The highest BCUT2D eigenvalue weighted by Crippen LogP contribution is 2.49. The van der Waals surface area contributed by atoms with Gasteiger partial charge in [-0.2, -0.15) is 0 Å². The van der Waals surface area contributed by atoms with Crippen LogP contribution in [0.1, 0.15) is 17.2 Å². The molecule has 2 fully saturated rings. The Labute approximate surface area is 184 Å². The van der Waals surface area contributed by atoms with Crippen molar-refractivity contribution in [3.05, 3.63) is 88.9 Å². The summed E-state index contributed by atoms with van der Waals surface area (Å²) in [6.07, 6.45) is -1.00. The highest BCUT2D eigenvalue weighted by Gasteiger charge is 2.60. The van der Waals surface area contributed by atoms with Crippen molar-refractivity contribution >= 4 is 34.8 Å². The van der Waals surface area contributed by atoms with E-state index in [4.69, 9.17) is 16.4 Å². The van der Waals surface area contributed by atoms with Crippen molar-refractivity contribution in [2.75, 3.05) is 9.96 Å². The van der Waals surface area contributed by atoms with Crippen LogP contribution < -0.4 is 9.96 Å². The molecule has 0 bridgehead atoms. The number of para-hydroxylation sites is 2. The van der Waals surface area contributed by atoms with Crippen LogP contribution in [0.2, 0.25) is 5.02 Å². The van der Waals surface area contributed by atoms with Crippen molar-refractivity contribution in [2.24, 2.45) is 5.92 Å². The summed E-state index contributed by atoms with van der Waals surface area (Å²) in [5.74, 6) is -1.61. The molecule has 6 nitrogen and oxygen atoms in total. The van der Waals surface area contributed by atoms with Crippen LogP contribution in [0.4, 0.5) is 11.4 Å². The maximum Gasteiger partial charge on any atom is 0.266 e. The van der Waals surface area contributed by atoms with Crippen LogP contribution in [0.5, 0.6) is 5.75 Å². The zero-order valence-electron chi connectivity index (χ0n) is 16.6. The molecule has 0 spiro atoms. The van der Waals surface area contributed by atoms with Crippen LogP contribution >= 0.6 is 11.6 Å². The number of anilines is 2. The molecule has 0 aliphatic carbocycles. The first-order valence-electron chi connectivity index (χ1n) is 9.91. The van der Waals surface area contributed by atoms with Crippen molar-refractivity contribution < 1.29 is 19.5 Å². The van der Waals surface area contributed by atoms with Gasteiger partial charge in [0.2, 0.25) is 5.91 Å². The Morgan fingerprint density at radius 2 is 1.61 bits per heavy atom. The second-order valence-corrected chi connectivity index (χ2v) is 8.02. The lowest BCUT2D eigenvalue weighted by Crippen LogP contribution is -2.37. The lowest BCUT2D eigenvalue weighted by molar-refractivity contribution is -0.126. The number of rotatable bonds is 3. The van der Waals surface area contributed by atoms with Crippen molar-refractivity contribution in [3.63, 3.8) is 0 Å². The Morgan fingerprint density at radius 3 is 2.35 bits per heavy atom. The van der Waals surface area contributed by atoms with Gasteiger partial charge in [-0.15, -0.1) is 0 Å². The van der Waals surface area contributed by atoms with E-state index in [0.717, 1.165) is 4.90 Å². The minimum absolute atomic E-state index is 0.0373. The lowest BCUT2D eigenvalue weighted by Gasteiger charge is -2.29. The van der Waals surface area contributed by atoms with Gasteiger partial charge in [-0.3, -0.25) is 14.4 Å². The Morgan fingerprint density at radius 1 is 0.903 bits per heavy atom. The predicted molar refractivity (Wildman–Crippen MR) is 117 cm³/mol. The molecular formula is C24H19ClN2O4. The number of fused-ring (bicyclic) bond motifs is 1. The first kappa shape index (κ1) is 19.6. The van der Waals surface area contributed by atoms with Crippen LogP contribution in [0.3, 0.4) is 0 Å². The molecule has 2 aliphatic heterocycles. The summed E-state index contributed by atoms with van der Waals surface area (Å²) in [6.45, 7) is 1.77. The second kappa shape index (κ2) is 7.41. The normalized spacial score (nSPS) is 22.8. The molecule has 3 aromatic carbocycles. The maximum atomic E-state index is 13.6. The topological polar surface area (TPSA) is 70.1 Å². The number of hydrogen-bond acceptors (Lipinski definition) is 5. The summed E-state index contributed by atoms with van der Waals surface area (Å²) in [7, 11) is 0. The van der Waals surface area contributed by atoms with Crippen molar-refractivity contribution in [1.82, 2.24) is 0 Å². The van der Waals surface area contributed by atoms with Crippen molar-refractivity contribution in [3.8, 4) is 5.75 Å². The van der Waals surface area contributed by atoms with Crippen molar-refractivity contribution in [1.29, 1.82) is 0 Å². The summed E-state index contributed by atoms with van der Waals surface area (Å²) < 4.78 is 0. The third kappa shape index (κ3) is 2.99. The standard InChI is InChI=1S/C24H19ClN2O4/c1-14-17(25)11-7-12-18(14)26-23(29)20-21(16-10-5-6-13-19(16)28)27(31-22(20)24(26)30)15-8-3-2-4-9-15/h2-13,20-22,28H,1H3/t20-,21+,22+/m0/s1. The molecule has 0 radical (unpaired) electrons. The monoisotopic (exact) mass is 434 g/mol. The molecular weight excluding hydrogens is 416 g/mol. The molecule has 3 atom stereocenters. The summed E-state index contributed by atoms with van der Waals surface area (Å²) in [5.41, 5.74) is 2.30. The molecule has 0 aromatic heterocycles. The van der Waals surface area contributed by atoms with Gasteiger partial charge in [-0.1, -0.05) is 54.1 Å². The van der Waals surface area contributed by atoms with Gasteiger partial charge in [-0.25, -0.2) is 9.96 Å². The number of nitrogens with zero attached hydrogens (tertiary/aromatic N) is 2. The van der Waals surface area contributed by atoms with E-state index in [-0.39, 0.29) is 11.7 Å². The van der Waals surface area contributed by atoms with Crippen LogP contribution in [0.25, 0.3) is 0 Å². The van der Waals surface area contributed by atoms with Gasteiger partial charge >= 0.3 is 0 Å². The van der Waals surface area contributed by atoms with E-state index < -0.39 is 24.0 Å². The summed E-state index contributed by atoms with van der Waals surface area (Å²) in [6, 6.07) is 20.5. The molecule has 156 valence electrons. The minimum atomic E-state index is -1.00. The summed E-state index contributed by atoms with van der Waals surface area (Å²) in [4.78, 5) is 34.2. The fraction of sp³-hybridized carbons (Fsp3) is 0.167. The van der Waals surface area contributed by atoms with Gasteiger partial charge in [0.1, 0.15) is 11.7 Å². The van der Waals surface area contributed by atoms with E-state index in [2.05, 4.69) is 0 Å². The Bertz CT molecular complexity index is 1180. The fourth-order valence-corrected chi connectivity index (χ4v) is 4.51. The lowest BCUT2D eigenvalue weighted by atomic mass is 9.90. The molecule has 2 saturated heterocycles. The van der Waals surface area contributed by atoms with Crippen LogP contribution in [0.15, 0.2) is 72.8 Å². The van der Waals surface area contributed by atoms with Gasteiger partial charge in [0.25, 0.3) is 5.91 Å². The van der Waals surface area contributed by atoms with Crippen molar-refractivity contribution in [2.45, 2.75) is 19.1 Å². The number of hydrogen-bond donors (Lipinski definition) is 1. The Kier molecular flexibility index (Phi) is 4.68. The van der Waals surface area contributed by atoms with Gasteiger partial charge < -0.3 is 5.11 Å². The van der Waals surface area contributed by atoms with Crippen LogP contribution in [-0.2, 0) is 14.4 Å². The average Bonchev–Trinajstić information content (AvgIpc) is 3.28. The third-order valence-electron chi connectivity index (χ3n) is 5.86. The summed E-state index contributed by atoms with van der Waals surface area (Å²) >= 11 is 6.24. The van der Waals surface area contributed by atoms with E-state index in [1.54, 1.807) is 54.5 Å². The predicted octanol–water partition coefficient (Wildman–Crippen LogP) is 4.41. The zero-order chi connectivity index (χ0) is 21.7. The number of benzene rings is 3. The molecule has 31 heavy (non-hydrogen) atoms. The van der Waals surface area contributed by atoms with E-state index in [9.17, 15) is 14.7 Å². The number of hydroxylamine groups is 1. The second-order valence-electron chi connectivity index (χ2n) is 7.61. The number of halogens is 1. The first-order chi connectivity index (χ1) is 15.0. The molecule has 0 saturated carbocycles. The molecule has 1 N–H and O–H groups in total. The van der Waals surface area contributed by atoms with E-state index in [0.29, 0.717) is 27.5 Å². The van der Waals surface area contributed by atoms with Gasteiger partial charge in [0, 0.05) is 10.6 Å². The third-order valence-corrected chi connectivity index (χ3v) is 6.27. The number of carbonyl (C=O) groups is 2. The van der Waals surface area contributed by atoms with Crippen LogP contribution in [-0.4, -0.2) is 23.0 Å². The number of phenolic OH excluding ortho intramolecular Hbond substituents is 1. The number of amides is 2. The first-order valence-corrected chi connectivity index (χ1v) is 10.3. The quantitative estimate of drug-likeness (QED) is 0.618. The van der Waals surface area contributed by atoms with Crippen LogP contribution in [0, 0.1) is 12.8 Å².